The monoisotopic (exact) mass is 466 g/mol. The van der Waals surface area contributed by atoms with Crippen molar-refractivity contribution in [2.75, 3.05) is 6.61 Å². The molecule has 0 aliphatic heterocycles. The van der Waals surface area contributed by atoms with Crippen LogP contribution in [0.5, 0.6) is 5.75 Å². The Kier molecular flexibility index (Phi) is 7.33. The van der Waals surface area contributed by atoms with Gasteiger partial charge in [-0.15, -0.1) is 0 Å². The topological polar surface area (TPSA) is 35.5 Å². The summed E-state index contributed by atoms with van der Waals surface area (Å²) in [5, 5.41) is -0.781. The van der Waals surface area contributed by atoms with Crippen molar-refractivity contribution in [1.82, 2.24) is 0 Å². The Labute approximate surface area is 176 Å². The van der Waals surface area contributed by atoms with E-state index in [-0.39, 0.29) is 24.1 Å². The van der Waals surface area contributed by atoms with E-state index in [9.17, 15) is 30.9 Å². The number of ether oxygens (including phenoxy) is 1. The van der Waals surface area contributed by atoms with Gasteiger partial charge in [-0.25, -0.2) is 0 Å². The van der Waals surface area contributed by atoms with E-state index in [0.29, 0.717) is 23.4 Å². The average molecular weight is 466 g/mol. The zero-order valence-corrected chi connectivity index (χ0v) is 17.9. The van der Waals surface area contributed by atoms with Crippen LogP contribution in [0.1, 0.15) is 37.5 Å². The molecule has 0 heterocycles. The SMILES string of the molecule is C=Cc1cc(P(=O)(OCC)c2cc(C(F)(F)F)cc(C(F)(F)F)c2)ccc1OC(C)C. The lowest BCUT2D eigenvalue weighted by molar-refractivity contribution is -0.142. The second-order valence-corrected chi connectivity index (χ2v) is 9.22. The lowest BCUT2D eigenvalue weighted by atomic mass is 10.1. The fourth-order valence-electron chi connectivity index (χ4n) is 2.83. The molecule has 0 saturated carbocycles. The van der Waals surface area contributed by atoms with Gasteiger partial charge in [0.25, 0.3) is 7.37 Å². The van der Waals surface area contributed by atoms with Gasteiger partial charge in [0.15, 0.2) is 0 Å². The van der Waals surface area contributed by atoms with E-state index in [4.69, 9.17) is 9.26 Å². The molecule has 0 saturated heterocycles. The first-order valence-electron chi connectivity index (χ1n) is 9.20. The van der Waals surface area contributed by atoms with Crippen molar-refractivity contribution in [1.29, 1.82) is 0 Å². The van der Waals surface area contributed by atoms with Crippen LogP contribution in [0.15, 0.2) is 43.0 Å². The number of halogens is 6. The molecule has 2 rings (SSSR count). The maximum absolute atomic E-state index is 13.7. The standard InChI is InChI=1S/C21H21F6O3P/c1-5-14-9-17(7-8-19(14)30-13(3)4)31(28,29-6-2)18-11-15(20(22,23)24)10-16(12-18)21(25,26)27/h5,7-13H,1,6H2,2-4H3. The van der Waals surface area contributed by atoms with E-state index in [2.05, 4.69) is 6.58 Å². The van der Waals surface area contributed by atoms with Gasteiger partial charge in [0, 0.05) is 16.2 Å². The molecule has 0 fully saturated rings. The van der Waals surface area contributed by atoms with E-state index in [1.807, 2.05) is 0 Å². The Morgan fingerprint density at radius 3 is 1.94 bits per heavy atom. The summed E-state index contributed by atoms with van der Waals surface area (Å²) < 4.78 is 104. The molecule has 1 unspecified atom stereocenters. The molecule has 10 heteroatoms. The van der Waals surface area contributed by atoms with Crippen molar-refractivity contribution in [2.45, 2.75) is 39.2 Å². The van der Waals surface area contributed by atoms with Crippen LogP contribution >= 0.6 is 7.37 Å². The van der Waals surface area contributed by atoms with E-state index < -0.39 is 36.2 Å². The first kappa shape index (κ1) is 25.0. The van der Waals surface area contributed by atoms with Gasteiger partial charge in [-0.1, -0.05) is 12.7 Å². The highest BCUT2D eigenvalue weighted by Gasteiger charge is 2.40. The molecular weight excluding hydrogens is 445 g/mol. The van der Waals surface area contributed by atoms with E-state index in [0.717, 1.165) is 0 Å². The summed E-state index contributed by atoms with van der Waals surface area (Å²) >= 11 is 0. The van der Waals surface area contributed by atoms with E-state index in [1.54, 1.807) is 13.8 Å². The van der Waals surface area contributed by atoms with Crippen LogP contribution in [-0.4, -0.2) is 12.7 Å². The smallest absolute Gasteiger partial charge is 0.416 e. The number of hydrogen-bond donors (Lipinski definition) is 0. The number of alkyl halides is 6. The van der Waals surface area contributed by atoms with Gasteiger partial charge < -0.3 is 9.26 Å². The fraction of sp³-hybridized carbons (Fsp3) is 0.333. The van der Waals surface area contributed by atoms with Gasteiger partial charge in [-0.2, -0.15) is 26.3 Å². The quantitative estimate of drug-likeness (QED) is 0.349. The van der Waals surface area contributed by atoms with Gasteiger partial charge >= 0.3 is 12.4 Å². The molecule has 2 aromatic carbocycles. The molecular formula is C21H21F6O3P. The van der Waals surface area contributed by atoms with Gasteiger partial charge in [-0.3, -0.25) is 4.57 Å². The first-order valence-corrected chi connectivity index (χ1v) is 10.8. The lowest BCUT2D eigenvalue weighted by Gasteiger charge is -2.22. The molecule has 0 radical (unpaired) electrons. The van der Waals surface area contributed by atoms with Crippen molar-refractivity contribution >= 4 is 24.1 Å². The zero-order chi connectivity index (χ0) is 23.6. The molecule has 0 aromatic heterocycles. The predicted molar refractivity (Wildman–Crippen MR) is 107 cm³/mol. The lowest BCUT2D eigenvalue weighted by Crippen LogP contribution is -2.23. The minimum Gasteiger partial charge on any atom is -0.490 e. The Hall–Kier alpha value is -2.25. The second-order valence-electron chi connectivity index (χ2n) is 6.83. The molecule has 3 nitrogen and oxygen atoms in total. The number of rotatable bonds is 7. The van der Waals surface area contributed by atoms with Crippen LogP contribution < -0.4 is 15.3 Å². The maximum Gasteiger partial charge on any atom is 0.416 e. The largest absolute Gasteiger partial charge is 0.490 e. The van der Waals surface area contributed by atoms with E-state index in [1.165, 1.54) is 31.2 Å². The minimum absolute atomic E-state index is 0.0193. The van der Waals surface area contributed by atoms with Crippen molar-refractivity contribution in [3.05, 3.63) is 59.7 Å². The molecule has 31 heavy (non-hydrogen) atoms. The summed E-state index contributed by atoms with van der Waals surface area (Å²) in [5.74, 6) is 0.372. The Morgan fingerprint density at radius 2 is 1.52 bits per heavy atom. The maximum atomic E-state index is 13.7. The summed E-state index contributed by atoms with van der Waals surface area (Å²) in [5.41, 5.74) is -2.77. The van der Waals surface area contributed by atoms with Crippen molar-refractivity contribution in [3.8, 4) is 5.75 Å². The minimum atomic E-state index is -5.08. The third-order valence-corrected chi connectivity index (χ3v) is 6.66. The van der Waals surface area contributed by atoms with Crippen LogP contribution in [0.4, 0.5) is 26.3 Å². The fourth-order valence-corrected chi connectivity index (χ4v) is 4.99. The predicted octanol–water partition coefficient (Wildman–Crippen LogP) is 6.42. The summed E-state index contributed by atoms with van der Waals surface area (Å²) in [6.07, 6.45) is -8.98. The molecule has 170 valence electrons. The second kappa shape index (κ2) is 9.09. The summed E-state index contributed by atoms with van der Waals surface area (Å²) in [7, 11) is -4.31. The Morgan fingerprint density at radius 1 is 0.968 bits per heavy atom. The third kappa shape index (κ3) is 5.71. The van der Waals surface area contributed by atoms with Crippen molar-refractivity contribution in [2.24, 2.45) is 0 Å². The molecule has 0 aliphatic carbocycles. The van der Waals surface area contributed by atoms with Gasteiger partial charge in [0.05, 0.1) is 23.8 Å². The Bertz CT molecular complexity index is 963. The van der Waals surface area contributed by atoms with Crippen molar-refractivity contribution < 1.29 is 40.2 Å². The molecule has 0 spiro atoms. The first-order chi connectivity index (χ1) is 14.2. The summed E-state index contributed by atoms with van der Waals surface area (Å²) in [4.78, 5) is 0. The molecule has 2 aromatic rings. The average Bonchev–Trinajstić information content (AvgIpc) is 2.66. The summed E-state index contributed by atoms with van der Waals surface area (Å²) in [6, 6.07) is 4.89. The highest BCUT2D eigenvalue weighted by Crippen LogP contribution is 2.47. The normalized spacial score (nSPS) is 14.4. The molecule has 0 N–H and O–H groups in total. The van der Waals surface area contributed by atoms with E-state index >= 15 is 0 Å². The van der Waals surface area contributed by atoms with Crippen molar-refractivity contribution in [3.63, 3.8) is 0 Å². The molecule has 1 atom stereocenters. The highest BCUT2D eigenvalue weighted by atomic mass is 31.2. The van der Waals surface area contributed by atoms with Crippen LogP contribution in [0.25, 0.3) is 6.08 Å². The van der Waals surface area contributed by atoms with Crippen LogP contribution in [0.2, 0.25) is 0 Å². The van der Waals surface area contributed by atoms with Crippen LogP contribution in [0, 0.1) is 0 Å². The molecule has 0 amide bonds. The Balaban J connectivity index is 2.77. The molecule has 0 aliphatic rings. The number of hydrogen-bond acceptors (Lipinski definition) is 3. The molecule has 0 bridgehead atoms. The third-order valence-electron chi connectivity index (χ3n) is 4.14. The van der Waals surface area contributed by atoms with Gasteiger partial charge in [0.1, 0.15) is 5.75 Å². The zero-order valence-electron chi connectivity index (χ0n) is 17.0. The summed E-state index contributed by atoms with van der Waals surface area (Å²) in [6.45, 7) is 8.40. The van der Waals surface area contributed by atoms with Crippen LogP contribution in [-0.2, 0) is 21.4 Å². The van der Waals surface area contributed by atoms with Gasteiger partial charge in [-0.05, 0) is 57.2 Å². The highest BCUT2D eigenvalue weighted by molar-refractivity contribution is 7.74. The number of benzene rings is 2. The van der Waals surface area contributed by atoms with Crippen LogP contribution in [0.3, 0.4) is 0 Å². The van der Waals surface area contributed by atoms with Gasteiger partial charge in [0.2, 0.25) is 0 Å².